The zero-order valence-corrected chi connectivity index (χ0v) is 14.7. The molecule has 3 amide bonds. The Kier molecular flexibility index (Phi) is 7.45. The highest BCUT2D eigenvalue weighted by molar-refractivity contribution is 6.09. The van der Waals surface area contributed by atoms with E-state index in [0.717, 1.165) is 0 Å². The molecule has 0 aliphatic carbocycles. The van der Waals surface area contributed by atoms with Gasteiger partial charge in [0.25, 0.3) is 5.91 Å². The van der Waals surface area contributed by atoms with Gasteiger partial charge in [0.1, 0.15) is 11.6 Å². The smallest absolute Gasteiger partial charge is 0.321 e. The van der Waals surface area contributed by atoms with Gasteiger partial charge in [-0.3, -0.25) is 14.9 Å². The third-order valence-electron chi connectivity index (χ3n) is 3.44. The Labute approximate surface area is 155 Å². The predicted molar refractivity (Wildman–Crippen MR) is 95.2 cm³/mol. The molecule has 0 aliphatic heterocycles. The Hall–Kier alpha value is -3.26. The van der Waals surface area contributed by atoms with Crippen molar-refractivity contribution in [2.45, 2.75) is 0 Å². The van der Waals surface area contributed by atoms with Gasteiger partial charge in [-0.15, -0.1) is 0 Å². The fraction of sp³-hybridized carbons (Fsp3) is 0.211. The second-order valence-corrected chi connectivity index (χ2v) is 5.45. The lowest BCUT2D eigenvalue weighted by Gasteiger charge is -2.08. The van der Waals surface area contributed by atoms with E-state index < -0.39 is 17.8 Å². The molecular weight excluding hydrogens is 355 g/mol. The Morgan fingerprint density at radius 2 is 1.56 bits per heavy atom. The number of ketones is 1. The minimum atomic E-state index is -0.638. The summed E-state index contributed by atoms with van der Waals surface area (Å²) in [7, 11) is 1.50. The molecule has 0 fully saturated rings. The van der Waals surface area contributed by atoms with Gasteiger partial charge in [-0.2, -0.15) is 0 Å². The number of urea groups is 1. The number of amides is 3. The first-order valence-corrected chi connectivity index (χ1v) is 8.09. The third kappa shape index (κ3) is 6.52. The van der Waals surface area contributed by atoms with Gasteiger partial charge in [-0.1, -0.05) is 0 Å². The largest absolute Gasteiger partial charge is 0.484 e. The van der Waals surface area contributed by atoms with E-state index in [1.54, 1.807) is 0 Å². The first-order valence-electron chi connectivity index (χ1n) is 8.09. The van der Waals surface area contributed by atoms with Crippen LogP contribution in [0.3, 0.4) is 0 Å². The van der Waals surface area contributed by atoms with Crippen molar-refractivity contribution in [3.8, 4) is 5.75 Å². The van der Waals surface area contributed by atoms with Gasteiger partial charge in [-0.05, 0) is 48.5 Å². The molecular formula is C19H19FN2O5. The number of carbonyl (C=O) groups excluding carboxylic acids is 3. The maximum absolute atomic E-state index is 12.9. The van der Waals surface area contributed by atoms with Crippen LogP contribution in [0.25, 0.3) is 0 Å². The van der Waals surface area contributed by atoms with E-state index in [2.05, 4.69) is 10.6 Å². The van der Waals surface area contributed by atoms with Crippen LogP contribution in [0.15, 0.2) is 48.5 Å². The Morgan fingerprint density at radius 3 is 2.15 bits per heavy atom. The van der Waals surface area contributed by atoms with Crippen LogP contribution in [0, 0.1) is 5.82 Å². The molecule has 7 nitrogen and oxygen atoms in total. The Morgan fingerprint density at radius 1 is 0.963 bits per heavy atom. The molecule has 8 heteroatoms. The van der Waals surface area contributed by atoms with Gasteiger partial charge < -0.3 is 14.8 Å². The summed E-state index contributed by atoms with van der Waals surface area (Å²) in [5, 5.41) is 4.55. The molecule has 0 saturated heterocycles. The summed E-state index contributed by atoms with van der Waals surface area (Å²) in [6.45, 7) is 0.254. The van der Waals surface area contributed by atoms with Crippen LogP contribution in [-0.2, 0) is 9.53 Å². The number of hydrogen-bond acceptors (Lipinski definition) is 5. The van der Waals surface area contributed by atoms with Gasteiger partial charge in [0.15, 0.2) is 12.4 Å². The molecule has 0 aromatic heterocycles. The molecule has 0 bridgehead atoms. The van der Waals surface area contributed by atoms with Crippen LogP contribution in [0.1, 0.15) is 15.9 Å². The number of ether oxygens (including phenoxy) is 2. The summed E-state index contributed by atoms with van der Waals surface area (Å²) in [6, 6.07) is 10.7. The fourth-order valence-corrected chi connectivity index (χ4v) is 2.09. The number of imide groups is 1. The Bertz CT molecular complexity index is 791. The summed E-state index contributed by atoms with van der Waals surface area (Å²) in [6.07, 6.45) is 0. The van der Waals surface area contributed by atoms with Gasteiger partial charge >= 0.3 is 6.03 Å². The average Bonchev–Trinajstić information content (AvgIpc) is 2.67. The van der Waals surface area contributed by atoms with E-state index in [1.165, 1.54) is 55.6 Å². The number of nitrogens with one attached hydrogen (secondary N) is 2. The highest BCUT2D eigenvalue weighted by atomic mass is 19.1. The summed E-state index contributed by atoms with van der Waals surface area (Å²) in [4.78, 5) is 35.3. The van der Waals surface area contributed by atoms with Gasteiger partial charge in [0.05, 0.1) is 6.61 Å². The first-order chi connectivity index (χ1) is 13.0. The van der Waals surface area contributed by atoms with Crippen molar-refractivity contribution in [3.63, 3.8) is 0 Å². The number of hydrogen-bond donors (Lipinski definition) is 2. The zero-order valence-electron chi connectivity index (χ0n) is 14.7. The summed E-state index contributed by atoms with van der Waals surface area (Å²) >= 11 is 0. The SMILES string of the molecule is COCCNC(=O)NC(=O)COc1ccc(C(=O)c2ccc(F)cc2)cc1. The highest BCUT2D eigenvalue weighted by Crippen LogP contribution is 2.16. The summed E-state index contributed by atoms with van der Waals surface area (Å²) < 4.78 is 23.0. The molecule has 0 aliphatic rings. The van der Waals surface area contributed by atoms with Crippen LogP contribution >= 0.6 is 0 Å². The lowest BCUT2D eigenvalue weighted by atomic mass is 10.0. The molecule has 2 rings (SSSR count). The predicted octanol–water partition coefficient (Wildman–Crippen LogP) is 1.91. The van der Waals surface area contributed by atoms with Crippen LogP contribution in [0.2, 0.25) is 0 Å². The number of benzene rings is 2. The average molecular weight is 374 g/mol. The zero-order chi connectivity index (χ0) is 19.6. The quantitative estimate of drug-likeness (QED) is 0.544. The van der Waals surface area contributed by atoms with E-state index in [4.69, 9.17) is 9.47 Å². The van der Waals surface area contributed by atoms with Crippen molar-refractivity contribution in [2.75, 3.05) is 26.9 Å². The Balaban J connectivity index is 1.83. The summed E-state index contributed by atoms with van der Waals surface area (Å²) in [5.41, 5.74) is 0.764. The van der Waals surface area contributed by atoms with Crippen molar-refractivity contribution in [2.24, 2.45) is 0 Å². The van der Waals surface area contributed by atoms with Gasteiger partial charge in [0.2, 0.25) is 0 Å². The maximum Gasteiger partial charge on any atom is 0.321 e. The molecule has 0 unspecified atom stereocenters. The van der Waals surface area contributed by atoms with Crippen LogP contribution in [0.4, 0.5) is 9.18 Å². The fourth-order valence-electron chi connectivity index (χ4n) is 2.09. The second kappa shape index (κ2) is 10.0. The normalized spacial score (nSPS) is 10.1. The third-order valence-corrected chi connectivity index (χ3v) is 3.44. The minimum Gasteiger partial charge on any atom is -0.484 e. The van der Waals surface area contributed by atoms with Crippen molar-refractivity contribution in [1.82, 2.24) is 10.6 Å². The topological polar surface area (TPSA) is 93.7 Å². The van der Waals surface area contributed by atoms with E-state index in [-0.39, 0.29) is 18.9 Å². The van der Waals surface area contributed by atoms with Crippen molar-refractivity contribution >= 4 is 17.7 Å². The highest BCUT2D eigenvalue weighted by Gasteiger charge is 2.11. The molecule has 0 atom stereocenters. The van der Waals surface area contributed by atoms with Gasteiger partial charge in [-0.25, -0.2) is 9.18 Å². The molecule has 2 aromatic rings. The maximum atomic E-state index is 12.9. The van der Waals surface area contributed by atoms with E-state index >= 15 is 0 Å². The molecule has 0 heterocycles. The summed E-state index contributed by atoms with van der Waals surface area (Å²) in [5.74, 6) is -0.926. The lowest BCUT2D eigenvalue weighted by molar-refractivity contribution is -0.122. The van der Waals surface area contributed by atoms with E-state index in [0.29, 0.717) is 23.5 Å². The van der Waals surface area contributed by atoms with Crippen LogP contribution in [0.5, 0.6) is 5.75 Å². The molecule has 0 radical (unpaired) electrons. The first kappa shape index (κ1) is 20.1. The molecule has 27 heavy (non-hydrogen) atoms. The van der Waals surface area contributed by atoms with Crippen molar-refractivity contribution in [1.29, 1.82) is 0 Å². The standard InChI is InChI=1S/C19H19FN2O5/c1-26-11-10-21-19(25)22-17(23)12-27-16-8-4-14(5-9-16)18(24)13-2-6-15(20)7-3-13/h2-9H,10-12H2,1H3,(H2,21,22,23,25). The molecule has 2 aromatic carbocycles. The second-order valence-electron chi connectivity index (χ2n) is 5.45. The van der Waals surface area contributed by atoms with Crippen molar-refractivity contribution < 1.29 is 28.2 Å². The monoisotopic (exact) mass is 374 g/mol. The molecule has 2 N–H and O–H groups in total. The molecule has 142 valence electrons. The lowest BCUT2D eigenvalue weighted by Crippen LogP contribution is -2.42. The number of halogens is 1. The number of rotatable bonds is 8. The minimum absolute atomic E-state index is 0.257. The molecule has 0 saturated carbocycles. The van der Waals surface area contributed by atoms with Gasteiger partial charge in [0, 0.05) is 24.8 Å². The molecule has 0 spiro atoms. The number of methoxy groups -OCH3 is 1. The van der Waals surface area contributed by atoms with E-state index in [1.807, 2.05) is 0 Å². The van der Waals surface area contributed by atoms with Crippen molar-refractivity contribution in [3.05, 3.63) is 65.5 Å². The van der Waals surface area contributed by atoms with E-state index in [9.17, 15) is 18.8 Å². The number of carbonyl (C=O) groups is 3. The van der Waals surface area contributed by atoms with Crippen LogP contribution in [-0.4, -0.2) is 44.6 Å². The van der Waals surface area contributed by atoms with Crippen LogP contribution < -0.4 is 15.4 Å².